The molecule has 0 saturated carbocycles. The number of pyridine rings is 1. The Labute approximate surface area is 150 Å². The van der Waals surface area contributed by atoms with Crippen molar-refractivity contribution in [3.8, 4) is 5.88 Å². The van der Waals surface area contributed by atoms with Crippen LogP contribution in [0.15, 0.2) is 41.4 Å². The van der Waals surface area contributed by atoms with Gasteiger partial charge in [-0.15, -0.1) is 0 Å². The number of nitrogens with zero attached hydrogens (tertiary/aromatic N) is 3. The van der Waals surface area contributed by atoms with Crippen LogP contribution in [0.4, 0.5) is 13.2 Å². The number of rotatable bonds is 6. The molecule has 12 heteroatoms. The van der Waals surface area contributed by atoms with E-state index in [1.165, 1.54) is 24.4 Å². The van der Waals surface area contributed by atoms with Crippen molar-refractivity contribution in [2.75, 3.05) is 6.61 Å². The van der Waals surface area contributed by atoms with Gasteiger partial charge in [0.2, 0.25) is 15.9 Å². The van der Waals surface area contributed by atoms with E-state index in [0.717, 1.165) is 11.7 Å². The van der Waals surface area contributed by atoms with Crippen molar-refractivity contribution < 1.29 is 26.3 Å². The second-order valence-electron chi connectivity index (χ2n) is 5.12. The lowest BCUT2D eigenvalue weighted by Crippen LogP contribution is -2.23. The van der Waals surface area contributed by atoms with Gasteiger partial charge in [0.25, 0.3) is 0 Å². The summed E-state index contributed by atoms with van der Waals surface area (Å²) in [6.45, 7) is -1.63. The quantitative estimate of drug-likeness (QED) is 0.679. The first-order valence-electron chi connectivity index (χ1n) is 7.10. The molecule has 2 heterocycles. The Morgan fingerprint density at radius 2 is 2.00 bits per heavy atom. The van der Waals surface area contributed by atoms with Crippen LogP contribution in [0.3, 0.4) is 0 Å². The molecule has 0 bridgehead atoms. The van der Waals surface area contributed by atoms with Crippen LogP contribution in [0.25, 0.3) is 11.0 Å². The van der Waals surface area contributed by atoms with Crippen molar-refractivity contribution in [2.24, 2.45) is 0 Å². The maximum absolute atomic E-state index is 12.5. The second-order valence-corrected chi connectivity index (χ2v) is 7.38. The summed E-state index contributed by atoms with van der Waals surface area (Å²) in [5.41, 5.74) is 1.11. The summed E-state index contributed by atoms with van der Waals surface area (Å²) in [5, 5.41) is 0. The number of hydrogen-bond donors (Lipinski definition) is 1. The lowest BCUT2D eigenvalue weighted by atomic mass is 10.3. The topological polar surface area (TPSA) is 94.1 Å². The van der Waals surface area contributed by atoms with E-state index in [-0.39, 0.29) is 22.8 Å². The van der Waals surface area contributed by atoms with Crippen LogP contribution in [0, 0.1) is 0 Å². The van der Waals surface area contributed by atoms with Gasteiger partial charge in [0.1, 0.15) is 15.9 Å². The van der Waals surface area contributed by atoms with Gasteiger partial charge in [-0.1, -0.05) is 6.07 Å². The molecule has 138 valence electrons. The van der Waals surface area contributed by atoms with Crippen molar-refractivity contribution in [1.29, 1.82) is 0 Å². The van der Waals surface area contributed by atoms with E-state index in [0.29, 0.717) is 11.1 Å². The summed E-state index contributed by atoms with van der Waals surface area (Å²) >= 11 is 0.898. The van der Waals surface area contributed by atoms with E-state index in [9.17, 15) is 21.6 Å². The molecule has 26 heavy (non-hydrogen) atoms. The summed E-state index contributed by atoms with van der Waals surface area (Å²) < 4.78 is 76.4. The first-order valence-corrected chi connectivity index (χ1v) is 9.31. The predicted octanol–water partition coefficient (Wildman–Crippen LogP) is 2.51. The molecule has 0 radical (unpaired) electrons. The van der Waals surface area contributed by atoms with Gasteiger partial charge in [0.15, 0.2) is 6.61 Å². The Morgan fingerprint density at radius 3 is 2.77 bits per heavy atom. The fourth-order valence-electron chi connectivity index (χ4n) is 2.05. The molecule has 0 fully saturated rings. The van der Waals surface area contributed by atoms with E-state index < -0.39 is 22.8 Å². The third kappa shape index (κ3) is 4.45. The summed E-state index contributed by atoms with van der Waals surface area (Å²) in [6, 6.07) is 7.29. The van der Waals surface area contributed by atoms with E-state index in [1.807, 2.05) is 0 Å². The zero-order valence-electron chi connectivity index (χ0n) is 12.9. The van der Waals surface area contributed by atoms with Crippen LogP contribution in [0.2, 0.25) is 0 Å². The molecule has 0 unspecified atom stereocenters. The standard InChI is InChI=1S/C14H11F3N4O3S2/c15-14(16,17)8-24-12-6-9(4-5-18-12)7-19-26(22,23)11-3-1-2-10-13(11)21-25-20-10/h1-6,19H,7-8H2. The van der Waals surface area contributed by atoms with Crippen LogP contribution in [-0.4, -0.2) is 34.9 Å². The van der Waals surface area contributed by atoms with Gasteiger partial charge >= 0.3 is 6.18 Å². The van der Waals surface area contributed by atoms with Gasteiger partial charge < -0.3 is 4.74 Å². The normalized spacial score (nSPS) is 12.4. The molecule has 0 spiro atoms. The van der Waals surface area contributed by atoms with Crippen LogP contribution in [0.5, 0.6) is 5.88 Å². The SMILES string of the molecule is O=S(=O)(NCc1ccnc(OCC(F)(F)F)c1)c1cccc2nsnc12. The van der Waals surface area contributed by atoms with Crippen molar-refractivity contribution in [3.05, 3.63) is 42.1 Å². The van der Waals surface area contributed by atoms with Gasteiger partial charge in [-0.25, -0.2) is 18.1 Å². The number of fused-ring (bicyclic) bond motifs is 1. The number of nitrogens with one attached hydrogen (secondary N) is 1. The lowest BCUT2D eigenvalue weighted by Gasteiger charge is -2.10. The average molecular weight is 404 g/mol. The molecule has 3 rings (SSSR count). The molecular formula is C14H11F3N4O3S2. The molecule has 1 aromatic carbocycles. The zero-order chi connectivity index (χ0) is 18.8. The summed E-state index contributed by atoms with van der Waals surface area (Å²) in [6.07, 6.45) is -3.25. The molecule has 0 amide bonds. The van der Waals surface area contributed by atoms with Crippen molar-refractivity contribution in [3.63, 3.8) is 0 Å². The molecule has 2 aromatic heterocycles. The third-order valence-corrected chi connectivity index (χ3v) is 5.16. The number of halogens is 3. The maximum atomic E-state index is 12.5. The Hall–Kier alpha value is -2.31. The molecule has 3 aromatic rings. The van der Waals surface area contributed by atoms with Gasteiger partial charge in [-0.05, 0) is 23.8 Å². The summed E-state index contributed by atoms with van der Waals surface area (Å²) in [7, 11) is -3.89. The number of benzene rings is 1. The van der Waals surface area contributed by atoms with Crippen molar-refractivity contribution in [2.45, 2.75) is 17.6 Å². The minimum atomic E-state index is -4.49. The monoisotopic (exact) mass is 404 g/mol. The number of hydrogen-bond acceptors (Lipinski definition) is 7. The highest BCUT2D eigenvalue weighted by Gasteiger charge is 2.28. The van der Waals surface area contributed by atoms with Gasteiger partial charge in [-0.2, -0.15) is 21.9 Å². The molecule has 7 nitrogen and oxygen atoms in total. The molecule has 0 atom stereocenters. The van der Waals surface area contributed by atoms with Gasteiger partial charge in [-0.3, -0.25) is 0 Å². The highest BCUT2D eigenvalue weighted by molar-refractivity contribution is 7.89. The van der Waals surface area contributed by atoms with E-state index >= 15 is 0 Å². The largest absolute Gasteiger partial charge is 0.468 e. The molecular weight excluding hydrogens is 393 g/mol. The minimum Gasteiger partial charge on any atom is -0.468 e. The number of sulfonamides is 1. The van der Waals surface area contributed by atoms with Crippen LogP contribution in [-0.2, 0) is 16.6 Å². The fraction of sp³-hybridized carbons (Fsp3) is 0.214. The van der Waals surface area contributed by atoms with E-state index in [1.54, 1.807) is 12.1 Å². The van der Waals surface area contributed by atoms with Crippen molar-refractivity contribution in [1.82, 2.24) is 18.5 Å². The Morgan fingerprint density at radius 1 is 1.19 bits per heavy atom. The Kier molecular flexibility index (Phi) is 5.07. The van der Waals surface area contributed by atoms with Crippen LogP contribution < -0.4 is 9.46 Å². The summed E-state index contributed by atoms with van der Waals surface area (Å²) in [5.74, 6) is -0.246. The minimum absolute atomic E-state index is 0.0219. The number of aromatic nitrogens is 3. The van der Waals surface area contributed by atoms with E-state index in [2.05, 4.69) is 23.2 Å². The molecule has 0 saturated heterocycles. The zero-order valence-corrected chi connectivity index (χ0v) is 14.5. The van der Waals surface area contributed by atoms with Crippen LogP contribution in [0.1, 0.15) is 5.56 Å². The highest BCUT2D eigenvalue weighted by atomic mass is 32.2. The highest BCUT2D eigenvalue weighted by Crippen LogP contribution is 2.21. The average Bonchev–Trinajstić information content (AvgIpc) is 3.06. The predicted molar refractivity (Wildman–Crippen MR) is 87.2 cm³/mol. The van der Waals surface area contributed by atoms with Gasteiger partial charge in [0, 0.05) is 18.8 Å². The molecule has 1 N–H and O–H groups in total. The molecule has 0 aliphatic carbocycles. The second kappa shape index (κ2) is 7.13. The Bertz CT molecular complexity index is 1020. The lowest BCUT2D eigenvalue weighted by molar-refractivity contribution is -0.154. The molecule has 0 aliphatic heterocycles. The van der Waals surface area contributed by atoms with E-state index in [4.69, 9.17) is 0 Å². The van der Waals surface area contributed by atoms with Crippen molar-refractivity contribution >= 4 is 32.8 Å². The smallest absolute Gasteiger partial charge is 0.422 e. The third-order valence-electron chi connectivity index (χ3n) is 3.19. The first-order chi connectivity index (χ1) is 12.2. The first kappa shape index (κ1) is 18.5. The van der Waals surface area contributed by atoms with Gasteiger partial charge in [0.05, 0.1) is 11.7 Å². The van der Waals surface area contributed by atoms with Crippen LogP contribution >= 0.6 is 11.7 Å². The number of alkyl halides is 3. The maximum Gasteiger partial charge on any atom is 0.422 e. The fourth-order valence-corrected chi connectivity index (χ4v) is 3.83. The molecule has 0 aliphatic rings. The number of ether oxygens (including phenoxy) is 1. The Balaban J connectivity index is 1.73. The summed E-state index contributed by atoms with van der Waals surface area (Å²) in [4.78, 5) is 3.64.